The molecule has 2 aromatic rings. The normalized spacial score (nSPS) is 11.2. The lowest BCUT2D eigenvalue weighted by atomic mass is 10.2. The topological polar surface area (TPSA) is 76.1 Å². The number of benzene rings is 1. The van der Waals surface area contributed by atoms with Crippen LogP contribution in [0.15, 0.2) is 41.4 Å². The van der Waals surface area contributed by atoms with Gasteiger partial charge in [0.1, 0.15) is 11.5 Å². The molecule has 0 aliphatic heterocycles. The zero-order valence-electron chi connectivity index (χ0n) is 11.4. The number of rotatable bonds is 3. The standard InChI is InChI=1S/C14H13FN2O3S/c1-9-7-10(3-5-12(9)15)17-14(18)13-6-4-11(8-16-13)21(2,19)20/h3-8H,1-2H3,(H,17,18). The van der Waals surface area contributed by atoms with Gasteiger partial charge >= 0.3 is 0 Å². The minimum absolute atomic E-state index is 0.0386. The van der Waals surface area contributed by atoms with E-state index in [4.69, 9.17) is 0 Å². The summed E-state index contributed by atoms with van der Waals surface area (Å²) in [7, 11) is -3.35. The highest BCUT2D eigenvalue weighted by atomic mass is 32.2. The lowest BCUT2D eigenvalue weighted by molar-refractivity contribution is 0.102. The molecule has 1 N–H and O–H groups in total. The van der Waals surface area contributed by atoms with E-state index in [-0.39, 0.29) is 16.4 Å². The fourth-order valence-corrected chi connectivity index (χ4v) is 2.21. The summed E-state index contributed by atoms with van der Waals surface area (Å²) in [5.74, 6) is -0.857. The van der Waals surface area contributed by atoms with Crippen molar-refractivity contribution in [3.05, 3.63) is 53.6 Å². The van der Waals surface area contributed by atoms with Gasteiger partial charge in [-0.2, -0.15) is 0 Å². The van der Waals surface area contributed by atoms with Crippen LogP contribution in [0.4, 0.5) is 10.1 Å². The predicted molar refractivity (Wildman–Crippen MR) is 76.4 cm³/mol. The summed E-state index contributed by atoms with van der Waals surface area (Å²) < 4.78 is 35.7. The van der Waals surface area contributed by atoms with Crippen LogP contribution in [0.1, 0.15) is 16.1 Å². The van der Waals surface area contributed by atoms with E-state index in [0.717, 1.165) is 12.5 Å². The fourth-order valence-electron chi connectivity index (χ4n) is 1.65. The molecule has 0 aliphatic carbocycles. The Hall–Kier alpha value is -2.28. The number of pyridine rings is 1. The van der Waals surface area contributed by atoms with E-state index in [0.29, 0.717) is 11.3 Å². The van der Waals surface area contributed by atoms with Crippen molar-refractivity contribution in [1.29, 1.82) is 0 Å². The molecule has 0 fully saturated rings. The second-order valence-electron chi connectivity index (χ2n) is 4.57. The van der Waals surface area contributed by atoms with E-state index >= 15 is 0 Å². The molecule has 0 radical (unpaired) electrons. The van der Waals surface area contributed by atoms with Crippen molar-refractivity contribution in [3.8, 4) is 0 Å². The highest BCUT2D eigenvalue weighted by molar-refractivity contribution is 7.90. The van der Waals surface area contributed by atoms with Crippen molar-refractivity contribution in [2.45, 2.75) is 11.8 Å². The molecule has 1 heterocycles. The Labute approximate surface area is 121 Å². The minimum atomic E-state index is -3.35. The third-order valence-electron chi connectivity index (χ3n) is 2.81. The summed E-state index contributed by atoms with van der Waals surface area (Å²) in [6.07, 6.45) is 2.19. The Morgan fingerprint density at radius 2 is 1.95 bits per heavy atom. The lowest BCUT2D eigenvalue weighted by Crippen LogP contribution is -2.14. The Kier molecular flexibility index (Phi) is 4.04. The van der Waals surface area contributed by atoms with Gasteiger partial charge in [0.05, 0.1) is 4.90 Å². The summed E-state index contributed by atoms with van der Waals surface area (Å²) in [5.41, 5.74) is 0.922. The van der Waals surface area contributed by atoms with Crippen LogP contribution in [0.5, 0.6) is 0 Å². The van der Waals surface area contributed by atoms with E-state index in [1.165, 1.54) is 30.3 Å². The third kappa shape index (κ3) is 3.63. The molecular weight excluding hydrogens is 295 g/mol. The van der Waals surface area contributed by atoms with Crippen molar-refractivity contribution in [1.82, 2.24) is 4.98 Å². The van der Waals surface area contributed by atoms with E-state index in [2.05, 4.69) is 10.3 Å². The van der Waals surface area contributed by atoms with Crippen LogP contribution in [-0.4, -0.2) is 25.6 Å². The van der Waals surface area contributed by atoms with Crippen molar-refractivity contribution >= 4 is 21.4 Å². The Balaban J connectivity index is 2.18. The van der Waals surface area contributed by atoms with Gasteiger partial charge in [-0.15, -0.1) is 0 Å². The molecule has 0 spiro atoms. The number of amides is 1. The summed E-state index contributed by atoms with van der Waals surface area (Å²) >= 11 is 0. The van der Waals surface area contributed by atoms with E-state index in [1.54, 1.807) is 6.92 Å². The molecule has 7 heteroatoms. The zero-order valence-corrected chi connectivity index (χ0v) is 12.2. The average Bonchev–Trinajstić information content (AvgIpc) is 2.42. The van der Waals surface area contributed by atoms with Crippen LogP contribution in [0.3, 0.4) is 0 Å². The van der Waals surface area contributed by atoms with Crippen LogP contribution >= 0.6 is 0 Å². The van der Waals surface area contributed by atoms with Crippen LogP contribution in [0.2, 0.25) is 0 Å². The summed E-state index contributed by atoms with van der Waals surface area (Å²) in [6, 6.07) is 6.82. The number of nitrogens with one attached hydrogen (secondary N) is 1. The highest BCUT2D eigenvalue weighted by Gasteiger charge is 2.12. The molecule has 1 amide bonds. The summed E-state index contributed by atoms with van der Waals surface area (Å²) in [6.45, 7) is 1.59. The maximum absolute atomic E-state index is 13.1. The molecule has 0 saturated heterocycles. The Morgan fingerprint density at radius 1 is 1.24 bits per heavy atom. The van der Waals surface area contributed by atoms with E-state index in [9.17, 15) is 17.6 Å². The monoisotopic (exact) mass is 308 g/mol. The first kappa shape index (κ1) is 15.1. The number of nitrogens with zero attached hydrogens (tertiary/aromatic N) is 1. The van der Waals surface area contributed by atoms with Crippen molar-refractivity contribution in [3.63, 3.8) is 0 Å². The molecule has 1 aromatic heterocycles. The van der Waals surface area contributed by atoms with Gasteiger partial charge in [-0.1, -0.05) is 0 Å². The maximum Gasteiger partial charge on any atom is 0.274 e. The molecule has 5 nitrogen and oxygen atoms in total. The fraction of sp³-hybridized carbons (Fsp3) is 0.143. The molecule has 0 atom stereocenters. The first-order chi connectivity index (χ1) is 9.77. The molecule has 0 saturated carbocycles. The number of hydrogen-bond acceptors (Lipinski definition) is 4. The van der Waals surface area contributed by atoms with Crippen molar-refractivity contribution in [2.24, 2.45) is 0 Å². The molecule has 21 heavy (non-hydrogen) atoms. The Morgan fingerprint density at radius 3 is 2.48 bits per heavy atom. The highest BCUT2D eigenvalue weighted by Crippen LogP contribution is 2.15. The largest absolute Gasteiger partial charge is 0.321 e. The molecule has 0 aliphatic rings. The van der Waals surface area contributed by atoms with Crippen LogP contribution in [0.25, 0.3) is 0 Å². The van der Waals surface area contributed by atoms with Gasteiger partial charge in [0.25, 0.3) is 5.91 Å². The van der Waals surface area contributed by atoms with Gasteiger partial charge in [-0.25, -0.2) is 17.8 Å². The number of sulfone groups is 1. The van der Waals surface area contributed by atoms with Gasteiger partial charge in [0.15, 0.2) is 9.84 Å². The van der Waals surface area contributed by atoms with Gasteiger partial charge in [0.2, 0.25) is 0 Å². The number of hydrogen-bond donors (Lipinski definition) is 1. The van der Waals surface area contributed by atoms with E-state index in [1.807, 2.05) is 0 Å². The first-order valence-electron chi connectivity index (χ1n) is 6.01. The van der Waals surface area contributed by atoms with Crippen molar-refractivity contribution < 1.29 is 17.6 Å². The molecular formula is C14H13FN2O3S. The number of halogens is 1. The SMILES string of the molecule is Cc1cc(NC(=O)c2ccc(S(C)(=O)=O)cn2)ccc1F. The zero-order chi connectivity index (χ0) is 15.6. The van der Waals surface area contributed by atoms with Crippen LogP contribution < -0.4 is 5.32 Å². The smallest absolute Gasteiger partial charge is 0.274 e. The van der Waals surface area contributed by atoms with E-state index < -0.39 is 15.7 Å². The van der Waals surface area contributed by atoms with Gasteiger partial charge in [-0.05, 0) is 42.8 Å². The molecule has 2 rings (SSSR count). The van der Waals surface area contributed by atoms with Crippen LogP contribution in [0, 0.1) is 12.7 Å². The lowest BCUT2D eigenvalue weighted by Gasteiger charge is -2.06. The predicted octanol–water partition coefficient (Wildman–Crippen LogP) is 2.18. The number of carbonyl (C=O) groups is 1. The van der Waals surface area contributed by atoms with Crippen molar-refractivity contribution in [2.75, 3.05) is 11.6 Å². The van der Waals surface area contributed by atoms with Gasteiger partial charge in [-0.3, -0.25) is 4.79 Å². The summed E-state index contributed by atoms with van der Waals surface area (Å²) in [4.78, 5) is 15.8. The van der Waals surface area contributed by atoms with Crippen LogP contribution in [-0.2, 0) is 9.84 Å². The molecule has 0 unspecified atom stereocenters. The van der Waals surface area contributed by atoms with Gasteiger partial charge < -0.3 is 5.32 Å². The average molecular weight is 308 g/mol. The second-order valence-corrected chi connectivity index (χ2v) is 6.59. The summed E-state index contributed by atoms with van der Waals surface area (Å²) in [5, 5.41) is 2.57. The molecule has 0 bridgehead atoms. The third-order valence-corrected chi connectivity index (χ3v) is 3.91. The number of aromatic nitrogens is 1. The number of anilines is 1. The molecule has 1 aromatic carbocycles. The van der Waals surface area contributed by atoms with Gasteiger partial charge in [0, 0.05) is 18.1 Å². The minimum Gasteiger partial charge on any atom is -0.321 e. The number of carbonyl (C=O) groups excluding carboxylic acids is 1. The quantitative estimate of drug-likeness (QED) is 0.943. The second kappa shape index (κ2) is 5.61. The number of aryl methyl sites for hydroxylation is 1. The molecule has 110 valence electrons. The maximum atomic E-state index is 13.1. The first-order valence-corrected chi connectivity index (χ1v) is 7.90. The Bertz CT molecular complexity index is 786.